The number of halogens is 1. The van der Waals surface area contributed by atoms with Gasteiger partial charge in [-0.15, -0.1) is 0 Å². The first-order valence-corrected chi connectivity index (χ1v) is 6.50. The highest BCUT2D eigenvalue weighted by Gasteiger charge is 2.25. The van der Waals surface area contributed by atoms with Gasteiger partial charge in [0.1, 0.15) is 22.1 Å². The fourth-order valence-corrected chi connectivity index (χ4v) is 2.04. The number of hydrogen-bond acceptors (Lipinski definition) is 5. The van der Waals surface area contributed by atoms with Crippen LogP contribution in [-0.4, -0.2) is 34.2 Å². The molecule has 1 atom stereocenters. The number of rotatable bonds is 1. The second kappa shape index (κ2) is 4.79. The maximum absolute atomic E-state index is 11.5. The molecule has 1 aromatic heterocycles. The molecule has 0 bridgehead atoms. The summed E-state index contributed by atoms with van der Waals surface area (Å²) in [6.45, 7) is 6.48. The molecule has 0 spiro atoms. The third kappa shape index (κ3) is 3.38. The van der Waals surface area contributed by atoms with Gasteiger partial charge in [0, 0.05) is 6.07 Å². The smallest absolute Gasteiger partial charge is 0.429 e. The highest BCUT2D eigenvalue weighted by molar-refractivity contribution is 9.10. The number of hydrogen-bond donors (Lipinski definition) is 1. The van der Waals surface area contributed by atoms with Gasteiger partial charge < -0.3 is 14.8 Å². The van der Waals surface area contributed by atoms with E-state index >= 15 is 0 Å². The van der Waals surface area contributed by atoms with E-state index in [0.29, 0.717) is 13.1 Å². The second-order valence-corrected chi connectivity index (χ2v) is 5.93. The molecule has 2 rings (SSSR count). The van der Waals surface area contributed by atoms with Gasteiger partial charge in [-0.25, -0.2) is 9.48 Å². The molecular weight excluding hydrogens is 302 g/mol. The standard InChI is InChI=1S/C11H16BrN3O3/c1-11(2,3)18-10(16)17-7-5-13-9-4-8(12)14-15(9)6-7/h4,7,13H,5-6H2,1-3H3. The Morgan fingerprint density at radius 2 is 2.33 bits per heavy atom. The van der Waals surface area contributed by atoms with Crippen LogP contribution in [0.1, 0.15) is 20.8 Å². The van der Waals surface area contributed by atoms with Crippen LogP contribution >= 0.6 is 15.9 Å². The third-order valence-corrected chi connectivity index (χ3v) is 2.68. The van der Waals surface area contributed by atoms with Crippen LogP contribution in [0, 0.1) is 0 Å². The topological polar surface area (TPSA) is 65.4 Å². The minimum atomic E-state index is -0.649. The Bertz CT molecular complexity index is 453. The van der Waals surface area contributed by atoms with Crippen molar-refractivity contribution in [3.63, 3.8) is 0 Å². The zero-order valence-corrected chi connectivity index (χ0v) is 12.2. The largest absolute Gasteiger partial charge is 0.509 e. The van der Waals surface area contributed by atoms with E-state index in [4.69, 9.17) is 9.47 Å². The zero-order chi connectivity index (χ0) is 13.3. The number of carbonyl (C=O) groups excluding carboxylic acids is 1. The summed E-state index contributed by atoms with van der Waals surface area (Å²) in [5.74, 6) is 0.908. The first kappa shape index (κ1) is 13.2. The lowest BCUT2D eigenvalue weighted by molar-refractivity contribution is -0.0287. The summed E-state index contributed by atoms with van der Waals surface area (Å²) in [4.78, 5) is 11.5. The minimum Gasteiger partial charge on any atom is -0.429 e. The van der Waals surface area contributed by atoms with Gasteiger partial charge in [-0.1, -0.05) is 0 Å². The van der Waals surface area contributed by atoms with Crippen molar-refractivity contribution in [1.82, 2.24) is 9.78 Å². The fourth-order valence-electron chi connectivity index (χ4n) is 1.63. The molecule has 1 aromatic rings. The number of nitrogens with zero attached hydrogens (tertiary/aromatic N) is 2. The van der Waals surface area contributed by atoms with Gasteiger partial charge in [0.05, 0.1) is 13.1 Å². The van der Waals surface area contributed by atoms with Crippen molar-refractivity contribution in [2.24, 2.45) is 0 Å². The van der Waals surface area contributed by atoms with Crippen LogP contribution in [0.15, 0.2) is 10.7 Å². The molecule has 0 radical (unpaired) electrons. The first-order valence-electron chi connectivity index (χ1n) is 5.70. The molecule has 2 heterocycles. The van der Waals surface area contributed by atoms with Crippen molar-refractivity contribution in [2.45, 2.75) is 39.0 Å². The van der Waals surface area contributed by atoms with Crippen molar-refractivity contribution in [3.05, 3.63) is 10.7 Å². The quantitative estimate of drug-likeness (QED) is 0.806. The van der Waals surface area contributed by atoms with Crippen LogP contribution < -0.4 is 5.32 Å². The number of ether oxygens (including phenoxy) is 2. The SMILES string of the molecule is CC(C)(C)OC(=O)OC1CNc2cc(Br)nn2C1. The molecule has 6 nitrogen and oxygen atoms in total. The number of carbonyl (C=O) groups is 1. The molecule has 100 valence electrons. The maximum Gasteiger partial charge on any atom is 0.509 e. The summed E-state index contributed by atoms with van der Waals surface area (Å²) in [7, 11) is 0. The molecule has 0 aliphatic carbocycles. The number of fused-ring (bicyclic) bond motifs is 1. The Morgan fingerprint density at radius 3 is 3.00 bits per heavy atom. The second-order valence-electron chi connectivity index (χ2n) is 5.12. The van der Waals surface area contributed by atoms with Gasteiger partial charge in [0.15, 0.2) is 0 Å². The molecule has 1 aliphatic heterocycles. The molecule has 1 unspecified atom stereocenters. The third-order valence-electron chi connectivity index (χ3n) is 2.29. The molecule has 0 saturated heterocycles. The maximum atomic E-state index is 11.5. The highest BCUT2D eigenvalue weighted by atomic mass is 79.9. The molecular formula is C11H16BrN3O3. The summed E-state index contributed by atoms with van der Waals surface area (Å²) in [5, 5.41) is 7.36. The van der Waals surface area contributed by atoms with E-state index in [9.17, 15) is 4.79 Å². The lowest BCUT2D eigenvalue weighted by atomic mass is 10.2. The van der Waals surface area contributed by atoms with Crippen LogP contribution in [0.3, 0.4) is 0 Å². The minimum absolute atomic E-state index is 0.279. The molecule has 7 heteroatoms. The highest BCUT2D eigenvalue weighted by Crippen LogP contribution is 2.20. The van der Waals surface area contributed by atoms with E-state index in [0.717, 1.165) is 10.4 Å². The number of nitrogens with one attached hydrogen (secondary N) is 1. The van der Waals surface area contributed by atoms with Gasteiger partial charge >= 0.3 is 6.16 Å². The molecule has 0 saturated carbocycles. The number of anilines is 1. The Morgan fingerprint density at radius 1 is 1.61 bits per heavy atom. The van der Waals surface area contributed by atoms with E-state index in [2.05, 4.69) is 26.3 Å². The van der Waals surface area contributed by atoms with Crippen molar-refractivity contribution in [1.29, 1.82) is 0 Å². The van der Waals surface area contributed by atoms with Crippen LogP contribution in [0.5, 0.6) is 0 Å². The van der Waals surface area contributed by atoms with Gasteiger partial charge in [0.25, 0.3) is 0 Å². The molecule has 0 aromatic carbocycles. The summed E-state index contributed by atoms with van der Waals surface area (Å²) in [5.41, 5.74) is -0.543. The average molecular weight is 318 g/mol. The Hall–Kier alpha value is -1.24. The monoisotopic (exact) mass is 317 g/mol. The van der Waals surface area contributed by atoms with Gasteiger partial charge in [-0.05, 0) is 36.7 Å². The van der Waals surface area contributed by atoms with Gasteiger partial charge in [0.2, 0.25) is 0 Å². The van der Waals surface area contributed by atoms with Crippen LogP contribution in [-0.2, 0) is 16.0 Å². The lowest BCUT2D eigenvalue weighted by Gasteiger charge is -2.26. The molecule has 0 amide bonds. The Kier molecular flexibility index (Phi) is 3.52. The molecule has 1 aliphatic rings. The summed E-state index contributed by atoms with van der Waals surface area (Å²) in [6, 6.07) is 1.88. The predicted molar refractivity (Wildman–Crippen MR) is 69.5 cm³/mol. The fraction of sp³-hybridized carbons (Fsp3) is 0.636. The zero-order valence-electron chi connectivity index (χ0n) is 10.6. The van der Waals surface area contributed by atoms with Crippen LogP contribution in [0.4, 0.5) is 10.6 Å². The Labute approximate surface area is 114 Å². The van der Waals surface area contributed by atoms with E-state index in [1.807, 2.05) is 6.07 Å². The van der Waals surface area contributed by atoms with E-state index in [-0.39, 0.29) is 6.10 Å². The van der Waals surface area contributed by atoms with Crippen molar-refractivity contribution < 1.29 is 14.3 Å². The van der Waals surface area contributed by atoms with Crippen molar-refractivity contribution >= 4 is 27.9 Å². The van der Waals surface area contributed by atoms with Crippen molar-refractivity contribution in [3.8, 4) is 0 Å². The lowest BCUT2D eigenvalue weighted by Crippen LogP contribution is -2.37. The first-order chi connectivity index (χ1) is 8.33. The van der Waals surface area contributed by atoms with Gasteiger partial charge in [-0.3, -0.25) is 0 Å². The molecule has 1 N–H and O–H groups in total. The summed E-state index contributed by atoms with van der Waals surface area (Å²) >= 11 is 3.30. The van der Waals surface area contributed by atoms with E-state index in [1.54, 1.807) is 25.5 Å². The van der Waals surface area contributed by atoms with Crippen molar-refractivity contribution in [2.75, 3.05) is 11.9 Å². The summed E-state index contributed by atoms with van der Waals surface area (Å²) < 4.78 is 12.8. The van der Waals surface area contributed by atoms with Gasteiger partial charge in [-0.2, -0.15) is 5.10 Å². The van der Waals surface area contributed by atoms with Crippen LogP contribution in [0.2, 0.25) is 0 Å². The molecule has 0 fully saturated rings. The molecule has 18 heavy (non-hydrogen) atoms. The Balaban J connectivity index is 1.91. The number of aromatic nitrogens is 2. The van der Waals surface area contributed by atoms with E-state index in [1.165, 1.54) is 0 Å². The normalized spacial score (nSPS) is 18.8. The predicted octanol–water partition coefficient (Wildman–Crippen LogP) is 2.39. The van der Waals surface area contributed by atoms with Crippen LogP contribution in [0.25, 0.3) is 0 Å². The van der Waals surface area contributed by atoms with E-state index < -0.39 is 11.8 Å². The summed E-state index contributed by atoms with van der Waals surface area (Å²) in [6.07, 6.45) is -0.928. The average Bonchev–Trinajstić information content (AvgIpc) is 2.53.